The second kappa shape index (κ2) is 4.18. The van der Waals surface area contributed by atoms with Crippen molar-refractivity contribution in [2.24, 2.45) is 0 Å². The van der Waals surface area contributed by atoms with Crippen molar-refractivity contribution < 1.29 is 7.86 Å². The lowest BCUT2D eigenvalue weighted by atomic mass is 10.2. The van der Waals surface area contributed by atoms with Crippen LogP contribution >= 0.6 is 34.3 Å². The smallest absolute Gasteiger partial charge is 0.359 e. The van der Waals surface area contributed by atoms with Gasteiger partial charge < -0.3 is 3.07 Å². The summed E-state index contributed by atoms with van der Waals surface area (Å²) in [7, 11) is 0. The lowest BCUT2D eigenvalue weighted by Crippen LogP contribution is -1.92. The van der Waals surface area contributed by atoms with Gasteiger partial charge in [-0.3, -0.25) is 0 Å². The minimum absolute atomic E-state index is 0.319. The first kappa shape index (κ1) is 9.91. The number of aromatic nitrogens is 1. The Morgan fingerprint density at radius 3 is 2.83 bits per heavy atom. The topological polar surface area (TPSA) is 39.2 Å². The van der Waals surface area contributed by atoms with Gasteiger partial charge in [-0.1, -0.05) is 13.8 Å². The van der Waals surface area contributed by atoms with Crippen LogP contribution in [-0.4, -0.2) is 11.0 Å². The van der Waals surface area contributed by atoms with Crippen molar-refractivity contribution in [2.75, 3.05) is 0 Å². The number of halogens is 1. The highest BCUT2D eigenvalue weighted by molar-refractivity contribution is 14.1. The van der Waals surface area contributed by atoms with Gasteiger partial charge in [0, 0.05) is 5.92 Å². The van der Waals surface area contributed by atoms with Gasteiger partial charge in [0.2, 0.25) is 0 Å². The van der Waals surface area contributed by atoms with E-state index in [9.17, 15) is 4.79 Å². The zero-order chi connectivity index (χ0) is 9.14. The number of rotatable bonds is 2. The maximum atomic E-state index is 11.0. The maximum absolute atomic E-state index is 11.0. The van der Waals surface area contributed by atoms with Crippen molar-refractivity contribution in [1.82, 2.24) is 4.98 Å². The third kappa shape index (κ3) is 2.16. The molecule has 12 heavy (non-hydrogen) atoms. The van der Waals surface area contributed by atoms with Gasteiger partial charge in [-0.05, 0) is 0 Å². The normalized spacial score (nSPS) is 10.3. The molecule has 5 heteroatoms. The first-order chi connectivity index (χ1) is 5.65. The molecule has 0 aliphatic rings. The molecule has 1 heterocycles. The van der Waals surface area contributed by atoms with Crippen LogP contribution in [0.4, 0.5) is 0 Å². The van der Waals surface area contributed by atoms with Crippen LogP contribution in [0.1, 0.15) is 34.4 Å². The first-order valence-corrected chi connectivity index (χ1v) is 5.13. The quantitative estimate of drug-likeness (QED) is 0.788. The molecule has 1 aromatic heterocycles. The number of carbonyl (C=O) groups excluding carboxylic acids is 1. The number of hydrogen-bond donors (Lipinski definition) is 0. The highest BCUT2D eigenvalue weighted by Gasteiger charge is 2.12. The summed E-state index contributed by atoms with van der Waals surface area (Å²) >= 11 is 2.96. The van der Waals surface area contributed by atoms with Crippen molar-refractivity contribution in [3.05, 3.63) is 16.1 Å². The van der Waals surface area contributed by atoms with Crippen molar-refractivity contribution >= 4 is 40.3 Å². The Bertz CT molecular complexity index is 285. The van der Waals surface area contributed by atoms with E-state index >= 15 is 0 Å². The lowest BCUT2D eigenvalue weighted by Gasteiger charge is -1.94. The van der Waals surface area contributed by atoms with Gasteiger partial charge >= 0.3 is 5.97 Å². The van der Waals surface area contributed by atoms with Crippen molar-refractivity contribution in [3.8, 4) is 0 Å². The third-order valence-electron chi connectivity index (χ3n) is 1.29. The van der Waals surface area contributed by atoms with E-state index in [1.807, 2.05) is 13.8 Å². The van der Waals surface area contributed by atoms with E-state index in [2.05, 4.69) is 8.05 Å². The molecule has 0 unspecified atom stereocenters. The molecular formula is C7H8INO2S. The molecule has 0 spiro atoms. The molecule has 0 aromatic carbocycles. The number of thiazole rings is 1. The van der Waals surface area contributed by atoms with Crippen LogP contribution in [0.3, 0.4) is 0 Å². The molecule has 3 nitrogen and oxygen atoms in total. The van der Waals surface area contributed by atoms with Crippen molar-refractivity contribution in [1.29, 1.82) is 0 Å². The zero-order valence-electron chi connectivity index (χ0n) is 6.70. The van der Waals surface area contributed by atoms with Gasteiger partial charge in [0.25, 0.3) is 0 Å². The van der Waals surface area contributed by atoms with E-state index in [4.69, 9.17) is 0 Å². The van der Waals surface area contributed by atoms with Gasteiger partial charge in [-0.2, -0.15) is 0 Å². The molecule has 0 saturated heterocycles. The van der Waals surface area contributed by atoms with Crippen LogP contribution in [0.2, 0.25) is 0 Å². The summed E-state index contributed by atoms with van der Waals surface area (Å²) in [5.74, 6) is 0.0470. The summed E-state index contributed by atoms with van der Waals surface area (Å²) in [5.41, 5.74) is 0. The molecule has 0 fully saturated rings. The Balaban J connectivity index is 2.84. The number of hydrogen-bond acceptors (Lipinski definition) is 4. The van der Waals surface area contributed by atoms with Gasteiger partial charge in [0.1, 0.15) is 4.88 Å². The summed E-state index contributed by atoms with van der Waals surface area (Å²) in [5, 5.41) is 0.965. The fraction of sp³-hybridized carbons (Fsp3) is 0.429. The van der Waals surface area contributed by atoms with Crippen LogP contribution < -0.4 is 0 Å². The largest absolute Gasteiger partial charge is 0.390 e. The molecule has 0 amide bonds. The molecular weight excluding hydrogens is 289 g/mol. The molecule has 0 bridgehead atoms. The highest BCUT2D eigenvalue weighted by Crippen LogP contribution is 2.21. The van der Waals surface area contributed by atoms with E-state index in [1.54, 1.807) is 29.2 Å². The molecule has 66 valence electrons. The molecule has 0 aliphatic carbocycles. The van der Waals surface area contributed by atoms with Crippen LogP contribution in [0.5, 0.6) is 0 Å². The van der Waals surface area contributed by atoms with Crippen molar-refractivity contribution in [2.45, 2.75) is 19.8 Å². The van der Waals surface area contributed by atoms with E-state index in [1.165, 1.54) is 11.3 Å². The van der Waals surface area contributed by atoms with Crippen LogP contribution in [0, 0.1) is 0 Å². The van der Waals surface area contributed by atoms with E-state index in [0.29, 0.717) is 10.8 Å². The van der Waals surface area contributed by atoms with Gasteiger partial charge in [0.15, 0.2) is 23.0 Å². The summed E-state index contributed by atoms with van der Waals surface area (Å²) in [4.78, 5) is 15.7. The molecule has 0 aliphatic heterocycles. The number of carbonyl (C=O) groups is 1. The Hall–Kier alpha value is -0.170. The van der Waals surface area contributed by atoms with Gasteiger partial charge in [0.05, 0.1) is 11.2 Å². The zero-order valence-corrected chi connectivity index (χ0v) is 9.68. The minimum Gasteiger partial charge on any atom is -0.390 e. The standard InChI is InChI=1S/C7H8INO2S/c1-4(2)6-9-3-5(12-6)7(10)11-8/h3-4H,1-2H3. The second-order valence-corrected chi connectivity index (χ2v) is 4.08. The molecule has 0 radical (unpaired) electrons. The molecule has 1 rings (SSSR count). The van der Waals surface area contributed by atoms with Crippen LogP contribution in [0.15, 0.2) is 6.20 Å². The Morgan fingerprint density at radius 2 is 2.42 bits per heavy atom. The fourth-order valence-corrected chi connectivity index (χ4v) is 1.87. The molecule has 1 aromatic rings. The Kier molecular flexibility index (Phi) is 3.45. The Morgan fingerprint density at radius 1 is 1.75 bits per heavy atom. The second-order valence-electron chi connectivity index (χ2n) is 2.58. The van der Waals surface area contributed by atoms with E-state index in [-0.39, 0.29) is 5.97 Å². The fourth-order valence-electron chi connectivity index (χ4n) is 0.687. The molecule has 0 N–H and O–H groups in total. The predicted molar refractivity (Wildman–Crippen MR) is 55.6 cm³/mol. The van der Waals surface area contributed by atoms with Gasteiger partial charge in [-0.25, -0.2) is 9.78 Å². The Labute approximate surface area is 88.8 Å². The predicted octanol–water partition coefficient (Wildman–Crippen LogP) is 2.77. The maximum Gasteiger partial charge on any atom is 0.359 e. The summed E-state index contributed by atoms with van der Waals surface area (Å²) in [6.45, 7) is 4.08. The van der Waals surface area contributed by atoms with Crippen LogP contribution in [0.25, 0.3) is 0 Å². The van der Waals surface area contributed by atoms with E-state index in [0.717, 1.165) is 5.01 Å². The minimum atomic E-state index is -0.319. The molecule has 0 saturated carbocycles. The monoisotopic (exact) mass is 297 g/mol. The summed E-state index contributed by atoms with van der Waals surface area (Å²) in [6.07, 6.45) is 1.56. The summed E-state index contributed by atoms with van der Waals surface area (Å²) < 4.78 is 4.53. The van der Waals surface area contributed by atoms with E-state index < -0.39 is 0 Å². The third-order valence-corrected chi connectivity index (χ3v) is 2.97. The average Bonchev–Trinajstić information content (AvgIpc) is 2.51. The number of nitrogens with zero attached hydrogens (tertiary/aromatic N) is 1. The SMILES string of the molecule is CC(C)c1ncc(C(=O)OI)s1. The lowest BCUT2D eigenvalue weighted by molar-refractivity contribution is 0.0805. The summed E-state index contributed by atoms with van der Waals surface area (Å²) in [6, 6.07) is 0. The van der Waals surface area contributed by atoms with Gasteiger partial charge in [-0.15, -0.1) is 11.3 Å². The average molecular weight is 297 g/mol. The van der Waals surface area contributed by atoms with Crippen molar-refractivity contribution in [3.63, 3.8) is 0 Å². The first-order valence-electron chi connectivity index (χ1n) is 3.43. The van der Waals surface area contributed by atoms with Crippen LogP contribution in [-0.2, 0) is 3.07 Å². The highest BCUT2D eigenvalue weighted by atomic mass is 127. The molecule has 0 atom stereocenters.